The number of nitrogens with zero attached hydrogens (tertiary/aromatic N) is 3. The molecule has 0 atom stereocenters. The number of benzene rings is 8. The summed E-state index contributed by atoms with van der Waals surface area (Å²) in [6.07, 6.45) is 3.95. The maximum atomic E-state index is 6.38. The molecule has 5 heterocycles. The van der Waals surface area contributed by atoms with Gasteiger partial charge in [0, 0.05) is 60.6 Å². The maximum absolute atomic E-state index is 6.38. The van der Waals surface area contributed by atoms with Crippen molar-refractivity contribution in [2.45, 2.75) is 12.8 Å². The molecule has 0 spiro atoms. The topological polar surface area (TPSA) is 49.0 Å². The Morgan fingerprint density at radius 1 is 0.419 bits per heavy atom. The summed E-state index contributed by atoms with van der Waals surface area (Å²) in [5.41, 5.74) is 14.8. The van der Waals surface area contributed by atoms with E-state index in [9.17, 15) is 0 Å². The van der Waals surface area contributed by atoms with Crippen LogP contribution in [0, 0.1) is 0 Å². The minimum atomic E-state index is 0.811. The lowest BCUT2D eigenvalue weighted by Gasteiger charge is -2.18. The Balaban J connectivity index is 1.11. The molecule has 0 saturated carbocycles. The Bertz CT molecular complexity index is 4050. The highest BCUT2D eigenvalue weighted by Crippen LogP contribution is 2.44. The van der Waals surface area contributed by atoms with Crippen LogP contribution in [-0.4, -0.2) is 14.1 Å². The number of aromatic nitrogens is 3. The van der Waals surface area contributed by atoms with E-state index in [0.717, 1.165) is 96.4 Å². The lowest BCUT2D eigenvalue weighted by molar-refractivity contribution is 0.547. The van der Waals surface area contributed by atoms with E-state index >= 15 is 0 Å². The third kappa shape index (κ3) is 4.76. The van der Waals surface area contributed by atoms with Crippen molar-refractivity contribution in [3.63, 3.8) is 0 Å². The van der Waals surface area contributed by atoms with Crippen LogP contribution in [0.5, 0.6) is 0 Å². The summed E-state index contributed by atoms with van der Waals surface area (Å²) in [5, 5.41) is 10.6. The molecule has 0 fully saturated rings. The monoisotopic (exact) mass is 793 g/mol. The van der Waals surface area contributed by atoms with Gasteiger partial charge in [-0.2, -0.15) is 0 Å². The predicted octanol–water partition coefficient (Wildman–Crippen LogP) is 15.2. The van der Waals surface area contributed by atoms with Crippen LogP contribution in [0.15, 0.2) is 191 Å². The number of aryl methyl sites for hydroxylation is 1. The zero-order chi connectivity index (χ0) is 40.5. The van der Waals surface area contributed by atoms with Crippen molar-refractivity contribution in [3.05, 3.63) is 199 Å². The first-order valence-electron chi connectivity index (χ1n) is 21.3. The van der Waals surface area contributed by atoms with Gasteiger partial charge in [-0.1, -0.05) is 121 Å². The molecule has 0 N–H and O–H groups in total. The van der Waals surface area contributed by atoms with E-state index < -0.39 is 0 Å². The zero-order valence-electron chi connectivity index (χ0n) is 33.5. The summed E-state index contributed by atoms with van der Waals surface area (Å²) in [6, 6.07) is 65.4. The third-order valence-electron chi connectivity index (χ3n) is 13.2. The van der Waals surface area contributed by atoms with Crippen LogP contribution in [0.3, 0.4) is 0 Å². The van der Waals surface area contributed by atoms with Gasteiger partial charge < -0.3 is 18.0 Å². The van der Waals surface area contributed by atoms with Crippen LogP contribution in [0.4, 0.5) is 0 Å². The minimum absolute atomic E-state index is 0.811. The summed E-state index contributed by atoms with van der Waals surface area (Å²) >= 11 is 0. The van der Waals surface area contributed by atoms with Crippen molar-refractivity contribution >= 4 is 98.9 Å². The molecule has 5 heteroatoms. The van der Waals surface area contributed by atoms with Gasteiger partial charge in [-0.25, -0.2) is 4.98 Å². The Morgan fingerprint density at radius 2 is 1.03 bits per heavy atom. The normalized spacial score (nSPS) is 13.1. The number of hydrogen-bond donors (Lipinski definition) is 0. The van der Waals surface area contributed by atoms with E-state index in [4.69, 9.17) is 13.8 Å². The van der Waals surface area contributed by atoms with Crippen molar-refractivity contribution in [3.8, 4) is 22.6 Å². The van der Waals surface area contributed by atoms with E-state index in [1.54, 1.807) is 0 Å². The van der Waals surface area contributed by atoms with Gasteiger partial charge in [-0.3, -0.25) is 0 Å². The molecule has 0 unspecified atom stereocenters. The van der Waals surface area contributed by atoms with Crippen molar-refractivity contribution in [1.82, 2.24) is 14.1 Å². The Hall–Kier alpha value is -8.15. The van der Waals surface area contributed by atoms with Crippen LogP contribution in [0.1, 0.15) is 23.4 Å². The van der Waals surface area contributed by atoms with E-state index in [-0.39, 0.29) is 0 Å². The molecule has 1 aliphatic rings. The lowest BCUT2D eigenvalue weighted by Crippen LogP contribution is -2.04. The van der Waals surface area contributed by atoms with Crippen molar-refractivity contribution in [2.24, 2.45) is 0 Å². The third-order valence-corrected chi connectivity index (χ3v) is 13.2. The molecule has 0 saturated heterocycles. The average Bonchev–Trinajstić information content (AvgIpc) is 4.08. The predicted molar refractivity (Wildman–Crippen MR) is 256 cm³/mol. The fraction of sp³-hybridized carbons (Fsp3) is 0.0351. The summed E-state index contributed by atoms with van der Waals surface area (Å²) < 4.78 is 17.7. The minimum Gasteiger partial charge on any atom is -0.460 e. The molecule has 0 bridgehead atoms. The molecule has 13 aromatic rings. The van der Waals surface area contributed by atoms with Gasteiger partial charge in [0.2, 0.25) is 0 Å². The Kier molecular flexibility index (Phi) is 6.88. The molecule has 1 aliphatic carbocycles. The van der Waals surface area contributed by atoms with Gasteiger partial charge in [-0.05, 0) is 84.1 Å². The molecule has 62 heavy (non-hydrogen) atoms. The highest BCUT2D eigenvalue weighted by Gasteiger charge is 2.25. The highest BCUT2D eigenvalue weighted by atomic mass is 16.3. The Labute approximate surface area is 355 Å². The van der Waals surface area contributed by atoms with Gasteiger partial charge in [0.15, 0.2) is 0 Å². The molecule has 14 rings (SSSR count). The van der Waals surface area contributed by atoms with E-state index in [2.05, 4.69) is 179 Å². The van der Waals surface area contributed by atoms with Crippen molar-refractivity contribution in [1.29, 1.82) is 0 Å². The molecule has 0 aliphatic heterocycles. The molecular formula is C57H35N3O2. The van der Waals surface area contributed by atoms with Crippen LogP contribution in [0.25, 0.3) is 122 Å². The first-order valence-corrected chi connectivity index (χ1v) is 21.3. The Morgan fingerprint density at radius 3 is 1.84 bits per heavy atom. The van der Waals surface area contributed by atoms with E-state index in [1.807, 2.05) is 18.2 Å². The summed E-state index contributed by atoms with van der Waals surface area (Å²) in [6.45, 7) is 0. The van der Waals surface area contributed by atoms with Gasteiger partial charge in [0.05, 0.1) is 44.8 Å². The van der Waals surface area contributed by atoms with Gasteiger partial charge >= 0.3 is 0 Å². The zero-order valence-corrected chi connectivity index (χ0v) is 33.5. The van der Waals surface area contributed by atoms with E-state index in [1.165, 1.54) is 48.9 Å². The van der Waals surface area contributed by atoms with E-state index in [0.29, 0.717) is 0 Å². The second-order valence-corrected chi connectivity index (χ2v) is 16.6. The molecule has 5 aromatic heterocycles. The molecule has 8 aromatic carbocycles. The SMILES string of the molecule is C1=C(c2cc(-n3c4ccccc4c4ccc5c6ccccc6n(-c6cccc7ccccc67)c5c43)cc(-c3ccc4oc5ccccc5c4c3)n2)CCc2oc3ccccc3c21. The maximum Gasteiger partial charge on any atom is 0.135 e. The number of para-hydroxylation sites is 4. The number of furan rings is 2. The van der Waals surface area contributed by atoms with Crippen LogP contribution < -0.4 is 0 Å². The number of rotatable bonds is 4. The smallest absolute Gasteiger partial charge is 0.135 e. The second-order valence-electron chi connectivity index (χ2n) is 16.6. The standard InChI is InChI=1S/C57H35N3O2/c1-2-14-38-34(12-1)13-11-21-49(38)60-51-20-8-4-16-40(51)44-27-26-43-39-15-3-7-19-50(39)59(56(43)57(44)60)37-32-47(35-24-28-54-45(30-35)41-17-5-9-22-52(41)61-54)58-48(33-37)36-25-29-55-46(31-36)42-18-6-10-23-53(42)62-55/h1-24,26-28,30-33H,25,29H2. The number of hydrogen-bond acceptors (Lipinski definition) is 3. The fourth-order valence-corrected chi connectivity index (χ4v) is 10.4. The fourth-order valence-electron chi connectivity index (χ4n) is 10.4. The summed E-state index contributed by atoms with van der Waals surface area (Å²) in [5.74, 6) is 1.04. The number of allylic oxidation sites excluding steroid dienone is 1. The lowest BCUT2D eigenvalue weighted by atomic mass is 9.93. The largest absolute Gasteiger partial charge is 0.460 e. The molecule has 5 nitrogen and oxygen atoms in total. The van der Waals surface area contributed by atoms with Gasteiger partial charge in [-0.15, -0.1) is 0 Å². The molecule has 0 radical (unpaired) electrons. The molecule has 0 amide bonds. The average molecular weight is 794 g/mol. The van der Waals surface area contributed by atoms with Crippen molar-refractivity contribution < 1.29 is 8.83 Å². The summed E-state index contributed by atoms with van der Waals surface area (Å²) in [4.78, 5) is 5.55. The second kappa shape index (κ2) is 12.7. The molecular weight excluding hydrogens is 759 g/mol. The summed E-state index contributed by atoms with van der Waals surface area (Å²) in [7, 11) is 0. The quantitative estimate of drug-likeness (QED) is 0.178. The number of fused-ring (bicyclic) bond motifs is 14. The molecule has 290 valence electrons. The number of pyridine rings is 1. The first kappa shape index (κ1) is 33.7. The van der Waals surface area contributed by atoms with Gasteiger partial charge in [0.1, 0.15) is 22.5 Å². The van der Waals surface area contributed by atoms with Crippen LogP contribution in [-0.2, 0) is 6.42 Å². The van der Waals surface area contributed by atoms with Crippen LogP contribution >= 0.6 is 0 Å². The highest BCUT2D eigenvalue weighted by molar-refractivity contribution is 6.24. The first-order chi connectivity index (χ1) is 30.7. The van der Waals surface area contributed by atoms with Crippen molar-refractivity contribution in [2.75, 3.05) is 0 Å². The van der Waals surface area contributed by atoms with Gasteiger partial charge in [0.25, 0.3) is 0 Å². The van der Waals surface area contributed by atoms with Crippen LogP contribution in [0.2, 0.25) is 0 Å².